The second-order valence-electron chi connectivity index (χ2n) is 4.79. The normalized spacial score (nSPS) is 11.3. The first-order chi connectivity index (χ1) is 9.72. The molecule has 0 aliphatic rings. The number of aromatic nitrogens is 3. The molecule has 2 N–H and O–H groups in total. The number of nitrogens with two attached hydrogens (primary N) is 1. The van der Waals surface area contributed by atoms with Gasteiger partial charge >= 0.3 is 0 Å². The molecule has 20 heavy (non-hydrogen) atoms. The van der Waals surface area contributed by atoms with Crippen molar-refractivity contribution in [2.24, 2.45) is 0 Å². The first kappa shape index (κ1) is 14.7. The maximum absolute atomic E-state index is 5.95. The van der Waals surface area contributed by atoms with Crippen molar-refractivity contribution in [2.75, 3.05) is 32.7 Å². The first-order valence-corrected chi connectivity index (χ1v) is 6.87. The second-order valence-corrected chi connectivity index (χ2v) is 4.79. The van der Waals surface area contributed by atoms with E-state index in [0.29, 0.717) is 19.2 Å². The summed E-state index contributed by atoms with van der Waals surface area (Å²) in [6, 6.07) is 2.00. The molecule has 0 bridgehead atoms. The van der Waals surface area contributed by atoms with Gasteiger partial charge in [0.2, 0.25) is 5.95 Å². The quantitative estimate of drug-likeness (QED) is 0.745. The fourth-order valence-corrected chi connectivity index (χ4v) is 2.07. The van der Waals surface area contributed by atoms with Crippen molar-refractivity contribution in [3.8, 4) is 0 Å². The standard InChI is InChI=1S/C14H22N4O2/c1-11-9-12-13(16-10-11)18(14(15)17-12)5-3-4-6-20-8-7-19-2/h9-10H,3-8H2,1-2H3,(H2,15,17). The number of hydrogen-bond acceptors (Lipinski definition) is 5. The minimum atomic E-state index is 0.526. The monoisotopic (exact) mass is 278 g/mol. The zero-order valence-electron chi connectivity index (χ0n) is 12.1. The average molecular weight is 278 g/mol. The fourth-order valence-electron chi connectivity index (χ4n) is 2.07. The third kappa shape index (κ3) is 3.68. The lowest BCUT2D eigenvalue weighted by molar-refractivity contribution is 0.0684. The molecule has 0 saturated heterocycles. The van der Waals surface area contributed by atoms with Gasteiger partial charge in [-0.3, -0.25) is 4.57 Å². The zero-order chi connectivity index (χ0) is 14.4. The highest BCUT2D eigenvalue weighted by atomic mass is 16.5. The Bertz CT molecular complexity index is 553. The smallest absolute Gasteiger partial charge is 0.202 e. The van der Waals surface area contributed by atoms with Gasteiger partial charge in [-0.05, 0) is 31.4 Å². The maximum Gasteiger partial charge on any atom is 0.202 e. The number of imidazole rings is 1. The largest absolute Gasteiger partial charge is 0.382 e. The Balaban J connectivity index is 1.85. The lowest BCUT2D eigenvalue weighted by Gasteiger charge is -2.06. The molecule has 6 nitrogen and oxygen atoms in total. The summed E-state index contributed by atoms with van der Waals surface area (Å²) in [5.74, 6) is 0.526. The molecule has 2 heterocycles. The SMILES string of the molecule is COCCOCCCCn1c(N)nc2cc(C)cnc21. The van der Waals surface area contributed by atoms with E-state index in [2.05, 4.69) is 9.97 Å². The van der Waals surface area contributed by atoms with E-state index in [1.165, 1.54) is 0 Å². The van der Waals surface area contributed by atoms with Crippen LogP contribution in [0.3, 0.4) is 0 Å². The van der Waals surface area contributed by atoms with E-state index in [1.807, 2.05) is 23.8 Å². The van der Waals surface area contributed by atoms with E-state index in [1.54, 1.807) is 7.11 Å². The minimum absolute atomic E-state index is 0.526. The molecule has 0 unspecified atom stereocenters. The van der Waals surface area contributed by atoms with Crippen molar-refractivity contribution < 1.29 is 9.47 Å². The van der Waals surface area contributed by atoms with Crippen LogP contribution in [-0.2, 0) is 16.0 Å². The zero-order valence-corrected chi connectivity index (χ0v) is 12.1. The maximum atomic E-state index is 5.95. The summed E-state index contributed by atoms with van der Waals surface area (Å²) in [6.45, 7) is 4.84. The van der Waals surface area contributed by atoms with Crippen LogP contribution >= 0.6 is 0 Å². The molecule has 0 atom stereocenters. The third-order valence-corrected chi connectivity index (χ3v) is 3.10. The van der Waals surface area contributed by atoms with Crippen molar-refractivity contribution in [2.45, 2.75) is 26.3 Å². The Hall–Kier alpha value is -1.66. The number of unbranched alkanes of at least 4 members (excludes halogenated alkanes) is 1. The Morgan fingerprint density at radius 1 is 1.25 bits per heavy atom. The number of rotatable bonds is 8. The topological polar surface area (TPSA) is 75.2 Å². The van der Waals surface area contributed by atoms with Gasteiger partial charge in [0.25, 0.3) is 0 Å². The van der Waals surface area contributed by atoms with E-state index in [4.69, 9.17) is 15.2 Å². The van der Waals surface area contributed by atoms with Gasteiger partial charge in [-0.1, -0.05) is 0 Å². The summed E-state index contributed by atoms with van der Waals surface area (Å²) in [5, 5.41) is 0. The number of nitrogens with zero attached hydrogens (tertiary/aromatic N) is 3. The van der Waals surface area contributed by atoms with Crippen molar-refractivity contribution in [1.82, 2.24) is 14.5 Å². The lowest BCUT2D eigenvalue weighted by Crippen LogP contribution is -2.07. The summed E-state index contributed by atoms with van der Waals surface area (Å²) >= 11 is 0. The molecule has 2 aromatic heterocycles. The molecule has 0 spiro atoms. The number of aryl methyl sites for hydroxylation is 2. The predicted octanol–water partition coefficient (Wildman–Crippen LogP) is 1.77. The molecule has 0 aromatic carbocycles. The Labute approximate surface area is 118 Å². The minimum Gasteiger partial charge on any atom is -0.382 e. The molecule has 0 radical (unpaired) electrons. The van der Waals surface area contributed by atoms with Crippen LogP contribution in [-0.4, -0.2) is 41.5 Å². The number of anilines is 1. The van der Waals surface area contributed by atoms with Crippen LogP contribution in [0.15, 0.2) is 12.3 Å². The summed E-state index contributed by atoms with van der Waals surface area (Å²) < 4.78 is 12.3. The predicted molar refractivity (Wildman–Crippen MR) is 78.6 cm³/mol. The molecule has 110 valence electrons. The Morgan fingerprint density at radius 2 is 2.10 bits per heavy atom. The molecule has 0 aliphatic heterocycles. The van der Waals surface area contributed by atoms with Crippen LogP contribution < -0.4 is 5.73 Å². The molecule has 0 amide bonds. The Morgan fingerprint density at radius 3 is 2.90 bits per heavy atom. The van der Waals surface area contributed by atoms with Crippen LogP contribution in [0.25, 0.3) is 11.2 Å². The highest BCUT2D eigenvalue weighted by molar-refractivity contribution is 5.74. The fraction of sp³-hybridized carbons (Fsp3) is 0.571. The first-order valence-electron chi connectivity index (χ1n) is 6.87. The molecular formula is C14H22N4O2. The number of methoxy groups -OCH3 is 1. The van der Waals surface area contributed by atoms with Gasteiger partial charge in [0.05, 0.1) is 13.2 Å². The van der Waals surface area contributed by atoms with Gasteiger partial charge < -0.3 is 15.2 Å². The Kier molecular flexibility index (Phi) is 5.31. The van der Waals surface area contributed by atoms with E-state index in [0.717, 1.165) is 42.7 Å². The van der Waals surface area contributed by atoms with Crippen molar-refractivity contribution in [3.05, 3.63) is 17.8 Å². The van der Waals surface area contributed by atoms with Gasteiger partial charge in [0.1, 0.15) is 5.52 Å². The molecule has 2 aromatic rings. The molecule has 0 aliphatic carbocycles. The molecule has 6 heteroatoms. The summed E-state index contributed by atoms with van der Waals surface area (Å²) in [4.78, 5) is 8.76. The van der Waals surface area contributed by atoms with Crippen LogP contribution in [0.4, 0.5) is 5.95 Å². The molecule has 2 rings (SSSR count). The van der Waals surface area contributed by atoms with Gasteiger partial charge in [0, 0.05) is 26.5 Å². The van der Waals surface area contributed by atoms with Gasteiger partial charge in [0.15, 0.2) is 5.65 Å². The number of hydrogen-bond donors (Lipinski definition) is 1. The second kappa shape index (κ2) is 7.21. The highest BCUT2D eigenvalue weighted by Crippen LogP contribution is 2.17. The summed E-state index contributed by atoms with van der Waals surface area (Å²) in [6.07, 6.45) is 3.81. The van der Waals surface area contributed by atoms with Gasteiger partial charge in [-0.15, -0.1) is 0 Å². The van der Waals surface area contributed by atoms with Crippen LogP contribution in [0.2, 0.25) is 0 Å². The van der Waals surface area contributed by atoms with Crippen molar-refractivity contribution in [3.63, 3.8) is 0 Å². The van der Waals surface area contributed by atoms with Crippen LogP contribution in [0.1, 0.15) is 18.4 Å². The molecule has 0 fully saturated rings. The lowest BCUT2D eigenvalue weighted by atomic mass is 10.3. The van der Waals surface area contributed by atoms with E-state index in [9.17, 15) is 0 Å². The highest BCUT2D eigenvalue weighted by Gasteiger charge is 2.08. The van der Waals surface area contributed by atoms with Crippen LogP contribution in [0, 0.1) is 6.92 Å². The van der Waals surface area contributed by atoms with Gasteiger partial charge in [-0.2, -0.15) is 0 Å². The number of fused-ring (bicyclic) bond motifs is 1. The number of pyridine rings is 1. The number of nitrogen functional groups attached to an aromatic ring is 1. The van der Waals surface area contributed by atoms with Crippen LogP contribution in [0.5, 0.6) is 0 Å². The summed E-state index contributed by atoms with van der Waals surface area (Å²) in [7, 11) is 1.67. The van der Waals surface area contributed by atoms with Crippen molar-refractivity contribution in [1.29, 1.82) is 0 Å². The van der Waals surface area contributed by atoms with Crippen molar-refractivity contribution >= 4 is 17.1 Å². The van der Waals surface area contributed by atoms with E-state index >= 15 is 0 Å². The summed E-state index contributed by atoms with van der Waals surface area (Å²) in [5.41, 5.74) is 8.75. The number of ether oxygens (including phenoxy) is 2. The molecular weight excluding hydrogens is 256 g/mol. The van der Waals surface area contributed by atoms with E-state index in [-0.39, 0.29) is 0 Å². The third-order valence-electron chi connectivity index (χ3n) is 3.10. The van der Waals surface area contributed by atoms with Gasteiger partial charge in [-0.25, -0.2) is 9.97 Å². The average Bonchev–Trinajstić information content (AvgIpc) is 2.73. The molecule has 0 saturated carbocycles. The van der Waals surface area contributed by atoms with E-state index < -0.39 is 0 Å².